The number of aldehydes is 1. The number of hydrogen-bond acceptors (Lipinski definition) is 2. The molecule has 2 nitrogen and oxygen atoms in total. The van der Waals surface area contributed by atoms with Crippen LogP contribution in [0.5, 0.6) is 5.75 Å². The van der Waals surface area contributed by atoms with Crippen LogP contribution in [0.4, 0.5) is 13.2 Å². The van der Waals surface area contributed by atoms with Crippen LogP contribution < -0.4 is 4.74 Å². The third-order valence-electron chi connectivity index (χ3n) is 4.53. The van der Waals surface area contributed by atoms with E-state index in [-0.39, 0.29) is 18.9 Å². The topological polar surface area (TPSA) is 26.3 Å². The highest BCUT2D eigenvalue weighted by Gasteiger charge is 2.41. The van der Waals surface area contributed by atoms with E-state index in [4.69, 9.17) is 4.74 Å². The molecule has 0 aromatic heterocycles. The van der Waals surface area contributed by atoms with Gasteiger partial charge in [0.2, 0.25) is 0 Å². The molecule has 6 heteroatoms. The van der Waals surface area contributed by atoms with Gasteiger partial charge in [-0.15, -0.1) is 0 Å². The summed E-state index contributed by atoms with van der Waals surface area (Å²) in [5.41, 5.74) is 0.429. The number of fused-ring (bicyclic) bond motifs is 1. The fraction of sp³-hybridized carbons (Fsp3) is 0.389. The van der Waals surface area contributed by atoms with Gasteiger partial charge in [0.05, 0.1) is 22.1 Å². The lowest BCUT2D eigenvalue weighted by atomic mass is 9.87. The lowest BCUT2D eigenvalue weighted by Crippen LogP contribution is -2.32. The minimum absolute atomic E-state index is 0.0653. The van der Waals surface area contributed by atoms with Crippen LogP contribution in [0.1, 0.15) is 36.0 Å². The SMILES string of the molecule is O=Cc1c(OC2CCC(C(F)(F)F)CC2)c(Br)cc2ccccc12. The van der Waals surface area contributed by atoms with Crippen LogP contribution in [0.25, 0.3) is 10.8 Å². The van der Waals surface area contributed by atoms with Gasteiger partial charge in [-0.1, -0.05) is 24.3 Å². The molecule has 0 atom stereocenters. The number of hydrogen-bond donors (Lipinski definition) is 0. The van der Waals surface area contributed by atoms with Crippen molar-refractivity contribution in [2.24, 2.45) is 5.92 Å². The Bertz CT molecular complexity index is 750. The van der Waals surface area contributed by atoms with Gasteiger partial charge in [0.15, 0.2) is 6.29 Å². The maximum absolute atomic E-state index is 12.8. The fourth-order valence-corrected chi connectivity index (χ4v) is 3.79. The number of ether oxygens (including phenoxy) is 1. The summed E-state index contributed by atoms with van der Waals surface area (Å²) >= 11 is 3.42. The highest BCUT2D eigenvalue weighted by atomic mass is 79.9. The van der Waals surface area contributed by atoms with E-state index in [0.717, 1.165) is 17.1 Å². The molecule has 1 fully saturated rings. The van der Waals surface area contributed by atoms with E-state index in [1.54, 1.807) is 0 Å². The van der Waals surface area contributed by atoms with Gasteiger partial charge < -0.3 is 4.74 Å². The van der Waals surface area contributed by atoms with Gasteiger partial charge in [-0.05, 0) is 58.5 Å². The number of alkyl halides is 3. The molecule has 1 aliphatic carbocycles. The van der Waals surface area contributed by atoms with Crippen LogP contribution in [0, 0.1) is 5.92 Å². The van der Waals surface area contributed by atoms with Gasteiger partial charge in [-0.25, -0.2) is 0 Å². The molecule has 3 rings (SSSR count). The Balaban J connectivity index is 1.83. The first-order valence-electron chi connectivity index (χ1n) is 7.80. The molecular weight excluding hydrogens is 385 g/mol. The van der Waals surface area contributed by atoms with Crippen molar-refractivity contribution < 1.29 is 22.7 Å². The van der Waals surface area contributed by atoms with Crippen molar-refractivity contribution in [3.05, 3.63) is 40.4 Å². The Hall–Kier alpha value is -1.56. The quantitative estimate of drug-likeness (QED) is 0.598. The number of benzene rings is 2. The zero-order valence-electron chi connectivity index (χ0n) is 12.8. The van der Waals surface area contributed by atoms with Crippen LogP contribution in [-0.4, -0.2) is 18.6 Å². The summed E-state index contributed by atoms with van der Waals surface area (Å²) in [7, 11) is 0. The van der Waals surface area contributed by atoms with E-state index in [1.807, 2.05) is 30.3 Å². The smallest absolute Gasteiger partial charge is 0.391 e. The van der Waals surface area contributed by atoms with Gasteiger partial charge in [-0.2, -0.15) is 13.2 Å². The van der Waals surface area contributed by atoms with E-state index in [2.05, 4.69) is 15.9 Å². The van der Waals surface area contributed by atoms with E-state index in [9.17, 15) is 18.0 Å². The van der Waals surface area contributed by atoms with Crippen molar-refractivity contribution in [1.82, 2.24) is 0 Å². The summed E-state index contributed by atoms with van der Waals surface area (Å²) in [5, 5.41) is 1.68. The number of halogens is 4. The molecule has 0 N–H and O–H groups in total. The van der Waals surface area contributed by atoms with Crippen molar-refractivity contribution in [1.29, 1.82) is 0 Å². The van der Waals surface area contributed by atoms with Crippen molar-refractivity contribution >= 4 is 33.0 Å². The Morgan fingerprint density at radius 1 is 1.12 bits per heavy atom. The van der Waals surface area contributed by atoms with Gasteiger partial charge >= 0.3 is 6.18 Å². The van der Waals surface area contributed by atoms with E-state index in [0.29, 0.717) is 28.6 Å². The molecule has 24 heavy (non-hydrogen) atoms. The number of carbonyl (C=O) groups is 1. The van der Waals surface area contributed by atoms with Gasteiger partial charge in [0, 0.05) is 0 Å². The predicted octanol–water partition coefficient (Wildman–Crippen LogP) is 5.91. The van der Waals surface area contributed by atoms with Crippen molar-refractivity contribution in [2.45, 2.75) is 38.0 Å². The van der Waals surface area contributed by atoms with Gasteiger partial charge in [-0.3, -0.25) is 4.79 Å². The Labute approximate surface area is 146 Å². The summed E-state index contributed by atoms with van der Waals surface area (Å²) in [6.07, 6.45) is -2.90. The zero-order chi connectivity index (χ0) is 17.3. The average molecular weight is 401 g/mol. The minimum atomic E-state index is -4.14. The molecule has 1 saturated carbocycles. The van der Waals surface area contributed by atoms with Crippen LogP contribution in [0.2, 0.25) is 0 Å². The Morgan fingerprint density at radius 2 is 1.79 bits per heavy atom. The monoisotopic (exact) mass is 400 g/mol. The zero-order valence-corrected chi connectivity index (χ0v) is 14.4. The van der Waals surface area contributed by atoms with Crippen LogP contribution in [0.15, 0.2) is 34.8 Å². The molecule has 0 aliphatic heterocycles. The van der Waals surface area contributed by atoms with Crippen molar-refractivity contribution in [3.63, 3.8) is 0 Å². The first kappa shape index (κ1) is 17.3. The Morgan fingerprint density at radius 3 is 2.42 bits per heavy atom. The summed E-state index contributed by atoms with van der Waals surface area (Å²) in [6, 6.07) is 9.30. The number of rotatable bonds is 3. The third-order valence-corrected chi connectivity index (χ3v) is 5.12. The molecule has 0 bridgehead atoms. The lowest BCUT2D eigenvalue weighted by molar-refractivity contribution is -0.185. The standard InChI is InChI=1S/C18H16BrF3O2/c19-16-9-11-3-1-2-4-14(11)15(10-23)17(16)24-13-7-5-12(6-8-13)18(20,21)22/h1-4,9-10,12-13H,5-8H2. The van der Waals surface area contributed by atoms with E-state index >= 15 is 0 Å². The van der Waals surface area contributed by atoms with Crippen molar-refractivity contribution in [2.75, 3.05) is 0 Å². The van der Waals surface area contributed by atoms with E-state index < -0.39 is 12.1 Å². The summed E-state index contributed by atoms with van der Waals surface area (Å²) in [5.74, 6) is -0.831. The highest BCUT2D eigenvalue weighted by Crippen LogP contribution is 2.41. The molecule has 0 spiro atoms. The minimum Gasteiger partial charge on any atom is -0.488 e. The average Bonchev–Trinajstić information content (AvgIpc) is 2.55. The molecule has 1 aliphatic rings. The Kier molecular flexibility index (Phi) is 4.85. The second-order valence-corrected chi connectivity index (χ2v) is 6.93. The van der Waals surface area contributed by atoms with Gasteiger partial charge in [0.1, 0.15) is 5.75 Å². The number of carbonyl (C=O) groups excluding carboxylic acids is 1. The predicted molar refractivity (Wildman–Crippen MR) is 89.5 cm³/mol. The molecule has 0 unspecified atom stereocenters. The molecular formula is C18H16BrF3O2. The molecule has 0 saturated heterocycles. The molecule has 0 radical (unpaired) electrons. The van der Waals surface area contributed by atoms with Crippen molar-refractivity contribution in [3.8, 4) is 5.75 Å². The normalized spacial score (nSPS) is 21.7. The van der Waals surface area contributed by atoms with Gasteiger partial charge in [0.25, 0.3) is 0 Å². The molecule has 2 aromatic rings. The largest absolute Gasteiger partial charge is 0.488 e. The van der Waals surface area contributed by atoms with Crippen LogP contribution in [0.3, 0.4) is 0 Å². The summed E-state index contributed by atoms with van der Waals surface area (Å²) < 4.78 is 44.8. The third kappa shape index (κ3) is 3.43. The molecule has 0 amide bonds. The second kappa shape index (κ2) is 6.75. The maximum Gasteiger partial charge on any atom is 0.391 e. The lowest BCUT2D eigenvalue weighted by Gasteiger charge is -2.30. The first-order valence-corrected chi connectivity index (χ1v) is 8.59. The second-order valence-electron chi connectivity index (χ2n) is 6.07. The van der Waals surface area contributed by atoms with Crippen LogP contribution in [-0.2, 0) is 0 Å². The first-order chi connectivity index (χ1) is 11.4. The summed E-state index contributed by atoms with van der Waals surface area (Å²) in [6.45, 7) is 0. The maximum atomic E-state index is 12.8. The summed E-state index contributed by atoms with van der Waals surface area (Å²) in [4.78, 5) is 11.6. The molecule has 2 aromatic carbocycles. The van der Waals surface area contributed by atoms with Crippen LogP contribution >= 0.6 is 15.9 Å². The highest BCUT2D eigenvalue weighted by molar-refractivity contribution is 9.10. The van der Waals surface area contributed by atoms with E-state index in [1.165, 1.54) is 0 Å². The molecule has 128 valence electrons. The molecule has 0 heterocycles. The fourth-order valence-electron chi connectivity index (χ4n) is 3.23.